The first-order valence-corrected chi connectivity index (χ1v) is 5.25. The molecule has 0 spiro atoms. The van der Waals surface area contributed by atoms with E-state index in [4.69, 9.17) is 5.73 Å². The highest BCUT2D eigenvalue weighted by molar-refractivity contribution is 5.81. The van der Waals surface area contributed by atoms with Gasteiger partial charge in [0.1, 0.15) is 0 Å². The number of nitrogens with two attached hydrogens (primary N) is 1. The molecule has 1 rings (SSSR count). The summed E-state index contributed by atoms with van der Waals surface area (Å²) in [6.07, 6.45) is 6.62. The molecular formula is C11H18N4O. The maximum absolute atomic E-state index is 11.4. The standard InChI is InChI=1S/C11H18N4O/c1-3-4-10(12)11(16)13-6-5-9-7-14-15(2)8-9/h3,7-8,10H,1,4-6,12H2,2H3,(H,13,16). The molecule has 5 nitrogen and oxygen atoms in total. The number of hydrogen-bond acceptors (Lipinski definition) is 3. The number of carbonyl (C=O) groups is 1. The molecule has 0 bridgehead atoms. The van der Waals surface area contributed by atoms with E-state index in [1.807, 2.05) is 13.2 Å². The summed E-state index contributed by atoms with van der Waals surface area (Å²) in [5.74, 6) is -0.135. The van der Waals surface area contributed by atoms with Gasteiger partial charge in [0.15, 0.2) is 0 Å². The SMILES string of the molecule is C=CCC(N)C(=O)NCCc1cnn(C)c1. The Kier molecular flexibility index (Phi) is 4.72. The van der Waals surface area contributed by atoms with Crippen LogP contribution in [0, 0.1) is 0 Å². The summed E-state index contributed by atoms with van der Waals surface area (Å²) >= 11 is 0. The molecule has 0 aliphatic heterocycles. The zero-order valence-corrected chi connectivity index (χ0v) is 9.52. The Bertz CT molecular complexity index is 359. The number of rotatable bonds is 6. The van der Waals surface area contributed by atoms with Crippen molar-refractivity contribution in [2.45, 2.75) is 18.9 Å². The minimum absolute atomic E-state index is 0.135. The summed E-state index contributed by atoms with van der Waals surface area (Å²) in [4.78, 5) is 11.4. The highest BCUT2D eigenvalue weighted by Gasteiger charge is 2.10. The van der Waals surface area contributed by atoms with Crippen LogP contribution >= 0.6 is 0 Å². The van der Waals surface area contributed by atoms with Gasteiger partial charge in [-0.2, -0.15) is 5.10 Å². The first-order valence-electron chi connectivity index (χ1n) is 5.25. The fourth-order valence-corrected chi connectivity index (χ4v) is 1.35. The van der Waals surface area contributed by atoms with Crippen LogP contribution < -0.4 is 11.1 Å². The molecular weight excluding hydrogens is 204 g/mol. The molecule has 5 heteroatoms. The molecule has 0 saturated carbocycles. The predicted molar refractivity (Wildman–Crippen MR) is 62.7 cm³/mol. The highest BCUT2D eigenvalue weighted by Crippen LogP contribution is 1.96. The average molecular weight is 222 g/mol. The van der Waals surface area contributed by atoms with Crippen LogP contribution in [0.2, 0.25) is 0 Å². The summed E-state index contributed by atoms with van der Waals surface area (Å²) in [6, 6.07) is -0.494. The normalized spacial score (nSPS) is 12.1. The molecule has 1 unspecified atom stereocenters. The van der Waals surface area contributed by atoms with E-state index in [1.165, 1.54) is 0 Å². The second kappa shape index (κ2) is 6.07. The predicted octanol–water partition coefficient (Wildman–Crippen LogP) is -0.0178. The minimum atomic E-state index is -0.494. The van der Waals surface area contributed by atoms with Crippen molar-refractivity contribution >= 4 is 5.91 Å². The first kappa shape index (κ1) is 12.4. The fourth-order valence-electron chi connectivity index (χ4n) is 1.35. The van der Waals surface area contributed by atoms with E-state index in [0.29, 0.717) is 13.0 Å². The number of aromatic nitrogens is 2. The first-order chi connectivity index (χ1) is 7.63. The average Bonchev–Trinajstić information content (AvgIpc) is 2.64. The molecule has 16 heavy (non-hydrogen) atoms. The maximum Gasteiger partial charge on any atom is 0.237 e. The van der Waals surface area contributed by atoms with Gasteiger partial charge in [0.05, 0.1) is 12.2 Å². The number of aryl methyl sites for hydroxylation is 1. The van der Waals surface area contributed by atoms with E-state index in [1.54, 1.807) is 17.0 Å². The lowest BCUT2D eigenvalue weighted by molar-refractivity contribution is -0.122. The van der Waals surface area contributed by atoms with E-state index >= 15 is 0 Å². The Morgan fingerprint density at radius 3 is 3.12 bits per heavy atom. The van der Waals surface area contributed by atoms with Gasteiger partial charge in [0, 0.05) is 19.8 Å². The number of hydrogen-bond donors (Lipinski definition) is 2. The summed E-state index contributed by atoms with van der Waals surface area (Å²) < 4.78 is 1.74. The van der Waals surface area contributed by atoms with E-state index < -0.39 is 6.04 Å². The number of nitrogens with zero attached hydrogens (tertiary/aromatic N) is 2. The Morgan fingerprint density at radius 1 is 1.81 bits per heavy atom. The lowest BCUT2D eigenvalue weighted by Crippen LogP contribution is -2.40. The molecule has 0 fully saturated rings. The van der Waals surface area contributed by atoms with Crippen LogP contribution in [-0.2, 0) is 18.3 Å². The van der Waals surface area contributed by atoms with Crippen LogP contribution in [-0.4, -0.2) is 28.3 Å². The lowest BCUT2D eigenvalue weighted by atomic mass is 10.2. The number of amides is 1. The van der Waals surface area contributed by atoms with E-state index in [9.17, 15) is 4.79 Å². The van der Waals surface area contributed by atoms with E-state index in [-0.39, 0.29) is 5.91 Å². The Labute approximate surface area is 95.3 Å². The molecule has 88 valence electrons. The van der Waals surface area contributed by atoms with E-state index in [2.05, 4.69) is 17.0 Å². The van der Waals surface area contributed by atoms with E-state index in [0.717, 1.165) is 12.0 Å². The second-order valence-corrected chi connectivity index (χ2v) is 3.69. The zero-order valence-electron chi connectivity index (χ0n) is 9.52. The van der Waals surface area contributed by atoms with Crippen molar-refractivity contribution in [2.75, 3.05) is 6.54 Å². The topological polar surface area (TPSA) is 72.9 Å². The molecule has 1 aromatic heterocycles. The third kappa shape index (κ3) is 3.86. The van der Waals surface area contributed by atoms with Gasteiger partial charge in [0.2, 0.25) is 5.91 Å². The number of carbonyl (C=O) groups excluding carboxylic acids is 1. The van der Waals surface area contributed by atoms with Gasteiger partial charge in [-0.3, -0.25) is 9.48 Å². The molecule has 1 heterocycles. The van der Waals surface area contributed by atoms with Crippen molar-refractivity contribution in [3.8, 4) is 0 Å². The summed E-state index contributed by atoms with van der Waals surface area (Å²) in [5, 5.41) is 6.82. The van der Waals surface area contributed by atoms with Crippen LogP contribution in [0.3, 0.4) is 0 Å². The molecule has 0 aliphatic rings. The van der Waals surface area contributed by atoms with Crippen LogP contribution in [0.25, 0.3) is 0 Å². The molecule has 0 saturated heterocycles. The Hall–Kier alpha value is -1.62. The lowest BCUT2D eigenvalue weighted by Gasteiger charge is -2.09. The van der Waals surface area contributed by atoms with Gasteiger partial charge in [-0.05, 0) is 18.4 Å². The summed E-state index contributed by atoms with van der Waals surface area (Å²) in [5.41, 5.74) is 6.71. The van der Waals surface area contributed by atoms with Crippen LogP contribution in [0.4, 0.5) is 0 Å². The van der Waals surface area contributed by atoms with Crippen LogP contribution in [0.1, 0.15) is 12.0 Å². The Morgan fingerprint density at radius 2 is 2.56 bits per heavy atom. The fraction of sp³-hybridized carbons (Fsp3) is 0.455. The molecule has 1 amide bonds. The van der Waals surface area contributed by atoms with Crippen molar-refractivity contribution < 1.29 is 4.79 Å². The van der Waals surface area contributed by atoms with Crippen molar-refractivity contribution in [2.24, 2.45) is 12.8 Å². The molecule has 1 aromatic rings. The van der Waals surface area contributed by atoms with Crippen LogP contribution in [0.15, 0.2) is 25.0 Å². The third-order valence-electron chi connectivity index (χ3n) is 2.23. The van der Waals surface area contributed by atoms with Crippen molar-refractivity contribution in [1.29, 1.82) is 0 Å². The van der Waals surface area contributed by atoms with Gasteiger partial charge < -0.3 is 11.1 Å². The van der Waals surface area contributed by atoms with Crippen LogP contribution in [0.5, 0.6) is 0 Å². The van der Waals surface area contributed by atoms with Crippen molar-refractivity contribution in [3.63, 3.8) is 0 Å². The smallest absolute Gasteiger partial charge is 0.237 e. The summed E-state index contributed by atoms with van der Waals surface area (Å²) in [7, 11) is 1.86. The molecule has 3 N–H and O–H groups in total. The molecule has 0 radical (unpaired) electrons. The van der Waals surface area contributed by atoms with Gasteiger partial charge in [-0.1, -0.05) is 6.08 Å². The third-order valence-corrected chi connectivity index (χ3v) is 2.23. The Balaban J connectivity index is 2.25. The van der Waals surface area contributed by atoms with Gasteiger partial charge in [-0.25, -0.2) is 0 Å². The highest BCUT2D eigenvalue weighted by atomic mass is 16.2. The van der Waals surface area contributed by atoms with Gasteiger partial charge in [-0.15, -0.1) is 6.58 Å². The maximum atomic E-state index is 11.4. The largest absolute Gasteiger partial charge is 0.354 e. The van der Waals surface area contributed by atoms with Crippen molar-refractivity contribution in [3.05, 3.63) is 30.6 Å². The van der Waals surface area contributed by atoms with Crippen molar-refractivity contribution in [1.82, 2.24) is 15.1 Å². The monoisotopic (exact) mass is 222 g/mol. The second-order valence-electron chi connectivity index (χ2n) is 3.69. The quantitative estimate of drug-likeness (QED) is 0.664. The number of nitrogens with one attached hydrogen (secondary N) is 1. The summed E-state index contributed by atoms with van der Waals surface area (Å²) in [6.45, 7) is 4.12. The van der Waals surface area contributed by atoms with Gasteiger partial charge in [0.25, 0.3) is 0 Å². The minimum Gasteiger partial charge on any atom is -0.354 e. The molecule has 0 aliphatic carbocycles. The van der Waals surface area contributed by atoms with Gasteiger partial charge >= 0.3 is 0 Å². The molecule has 0 aromatic carbocycles. The zero-order chi connectivity index (χ0) is 12.0. The molecule has 1 atom stereocenters.